The minimum Gasteiger partial charge on any atom is -0.398 e. The van der Waals surface area contributed by atoms with Crippen LogP contribution in [0.1, 0.15) is 21.5 Å². The molecule has 2 aromatic carbocycles. The van der Waals surface area contributed by atoms with Gasteiger partial charge in [0.15, 0.2) is 5.78 Å². The van der Waals surface area contributed by atoms with E-state index in [4.69, 9.17) is 17.3 Å². The Labute approximate surface area is 154 Å². The number of nitriles is 1. The number of nitrogens with two attached hydrogens (primary N) is 1. The van der Waals surface area contributed by atoms with E-state index in [0.717, 1.165) is 24.3 Å². The van der Waals surface area contributed by atoms with Gasteiger partial charge in [0.2, 0.25) is 5.95 Å². The second-order valence-corrected chi connectivity index (χ2v) is 5.95. The Morgan fingerprint density at radius 2 is 2.04 bits per heavy atom. The minimum absolute atomic E-state index is 0.0985. The maximum atomic E-state index is 14.3. The van der Waals surface area contributed by atoms with Crippen molar-refractivity contribution in [1.29, 1.82) is 5.26 Å². The van der Waals surface area contributed by atoms with E-state index in [1.54, 1.807) is 6.07 Å². The molecule has 138 valence electrons. The average Bonchev–Trinajstić information content (AvgIpc) is 2.90. The summed E-state index contributed by atoms with van der Waals surface area (Å²) < 4.78 is 53.8. The molecule has 10 heteroatoms. The molecule has 2 N–H and O–H groups in total. The first-order valence-electron chi connectivity index (χ1n) is 7.41. The first kappa shape index (κ1) is 18.7. The number of ketones is 1. The van der Waals surface area contributed by atoms with E-state index >= 15 is 0 Å². The smallest absolute Gasteiger partial charge is 0.257 e. The largest absolute Gasteiger partial charge is 0.398 e. The molecule has 0 aliphatic carbocycles. The zero-order valence-electron chi connectivity index (χ0n) is 13.3. The van der Waals surface area contributed by atoms with Gasteiger partial charge in [-0.25, -0.2) is 13.2 Å². The third kappa shape index (κ3) is 3.19. The lowest BCUT2D eigenvalue weighted by molar-refractivity contribution is 0.103. The van der Waals surface area contributed by atoms with Crippen LogP contribution in [0.2, 0.25) is 5.02 Å². The Hall–Kier alpha value is -3.12. The maximum absolute atomic E-state index is 14.3. The van der Waals surface area contributed by atoms with Gasteiger partial charge in [0, 0.05) is 11.3 Å². The second-order valence-electron chi connectivity index (χ2n) is 5.54. The van der Waals surface area contributed by atoms with Crippen molar-refractivity contribution < 1.29 is 22.4 Å². The lowest BCUT2D eigenvalue weighted by atomic mass is 9.94. The number of hydrogen-bond acceptors (Lipinski definition) is 4. The third-order valence-electron chi connectivity index (χ3n) is 3.85. The normalized spacial score (nSPS) is 11.1. The number of hydrogen-bond donors (Lipinski definition) is 1. The van der Waals surface area contributed by atoms with Crippen molar-refractivity contribution in [2.24, 2.45) is 0 Å². The van der Waals surface area contributed by atoms with E-state index in [1.807, 2.05) is 0 Å². The molecule has 1 heterocycles. The van der Waals surface area contributed by atoms with Crippen LogP contribution in [0.25, 0.3) is 10.9 Å². The molecule has 5 nitrogen and oxygen atoms in total. The van der Waals surface area contributed by atoms with E-state index in [2.05, 4.69) is 5.10 Å². The quantitative estimate of drug-likeness (QED) is 0.411. The summed E-state index contributed by atoms with van der Waals surface area (Å²) in [7, 11) is 0. The highest BCUT2D eigenvalue weighted by molar-refractivity contribution is 6.35. The molecule has 3 aromatic rings. The Morgan fingerprint density at radius 1 is 1.33 bits per heavy atom. The fourth-order valence-electron chi connectivity index (χ4n) is 2.74. The molecule has 0 aliphatic rings. The Bertz CT molecular complexity index is 1120. The number of carbonyl (C=O) groups excluding carboxylic acids is 1. The number of nitrogens with zero attached hydrogens (tertiary/aromatic N) is 3. The van der Waals surface area contributed by atoms with Gasteiger partial charge >= 0.3 is 0 Å². The van der Waals surface area contributed by atoms with E-state index < -0.39 is 47.0 Å². The van der Waals surface area contributed by atoms with Crippen LogP contribution in [0, 0.1) is 23.1 Å². The number of halogens is 5. The van der Waals surface area contributed by atoms with Gasteiger partial charge in [-0.3, -0.25) is 9.48 Å². The number of carbonyl (C=O) groups is 1. The molecule has 27 heavy (non-hydrogen) atoms. The van der Waals surface area contributed by atoms with Gasteiger partial charge in [0.1, 0.15) is 18.4 Å². The van der Waals surface area contributed by atoms with Gasteiger partial charge < -0.3 is 5.73 Å². The van der Waals surface area contributed by atoms with Gasteiger partial charge in [0.25, 0.3) is 6.43 Å². The van der Waals surface area contributed by atoms with Crippen LogP contribution in [-0.4, -0.2) is 22.0 Å². The first-order valence-corrected chi connectivity index (χ1v) is 7.78. The number of aromatic nitrogens is 2. The Balaban J connectivity index is 2.30. The van der Waals surface area contributed by atoms with Gasteiger partial charge in [-0.1, -0.05) is 11.6 Å². The summed E-state index contributed by atoms with van der Waals surface area (Å²) in [6.07, 6.45) is -2.83. The number of anilines is 1. The molecule has 1 aromatic heterocycles. The monoisotopic (exact) mass is 396 g/mol. The van der Waals surface area contributed by atoms with Crippen molar-refractivity contribution in [1.82, 2.24) is 9.78 Å². The van der Waals surface area contributed by atoms with Gasteiger partial charge in [-0.2, -0.15) is 9.65 Å². The predicted molar refractivity (Wildman–Crippen MR) is 89.7 cm³/mol. The highest BCUT2D eigenvalue weighted by Gasteiger charge is 2.26. The molecular weight excluding hydrogens is 388 g/mol. The molecule has 0 aliphatic heterocycles. The van der Waals surface area contributed by atoms with Crippen LogP contribution in [0.15, 0.2) is 24.3 Å². The standard InChI is InChI=1S/C17H9ClF4N4O/c18-10-2-1-7(19)3-8(10)16(27)14-9(5-23)15-12(4-11(14)24)26(6-13(20)21)25-17(15)22/h1-4,13H,6,24H2. The van der Waals surface area contributed by atoms with Crippen LogP contribution in [0.4, 0.5) is 23.2 Å². The number of nitrogen functional groups attached to an aromatic ring is 1. The number of alkyl halides is 2. The summed E-state index contributed by atoms with van der Waals surface area (Å²) >= 11 is 5.91. The van der Waals surface area contributed by atoms with Gasteiger partial charge in [-0.05, 0) is 24.3 Å². The first-order chi connectivity index (χ1) is 12.7. The van der Waals surface area contributed by atoms with Crippen molar-refractivity contribution in [3.63, 3.8) is 0 Å². The van der Waals surface area contributed by atoms with Crippen molar-refractivity contribution in [2.45, 2.75) is 13.0 Å². The molecule has 0 fully saturated rings. The zero-order valence-corrected chi connectivity index (χ0v) is 14.1. The van der Waals surface area contributed by atoms with Crippen LogP contribution in [-0.2, 0) is 6.54 Å². The number of benzene rings is 2. The van der Waals surface area contributed by atoms with Crippen molar-refractivity contribution in [3.8, 4) is 6.07 Å². The molecule has 0 saturated carbocycles. The third-order valence-corrected chi connectivity index (χ3v) is 4.18. The molecule has 0 spiro atoms. The van der Waals surface area contributed by atoms with Gasteiger partial charge in [-0.15, -0.1) is 5.10 Å². The fraction of sp³-hybridized carbons (Fsp3) is 0.118. The van der Waals surface area contributed by atoms with Crippen LogP contribution in [0.3, 0.4) is 0 Å². The predicted octanol–water partition coefficient (Wildman–Crippen LogP) is 3.92. The lowest BCUT2D eigenvalue weighted by Crippen LogP contribution is -2.11. The number of fused-ring (bicyclic) bond motifs is 1. The molecule has 0 saturated heterocycles. The Morgan fingerprint density at radius 3 is 2.67 bits per heavy atom. The summed E-state index contributed by atoms with van der Waals surface area (Å²) in [5.74, 6) is -2.87. The van der Waals surface area contributed by atoms with E-state index in [-0.39, 0.29) is 21.8 Å². The van der Waals surface area contributed by atoms with E-state index in [9.17, 15) is 27.6 Å². The highest BCUT2D eigenvalue weighted by atomic mass is 35.5. The molecule has 0 atom stereocenters. The zero-order chi connectivity index (χ0) is 19.9. The molecule has 0 radical (unpaired) electrons. The second kappa shape index (κ2) is 6.89. The summed E-state index contributed by atoms with van der Waals surface area (Å²) in [5.41, 5.74) is 4.22. The highest BCUT2D eigenvalue weighted by Crippen LogP contribution is 2.32. The summed E-state index contributed by atoms with van der Waals surface area (Å²) in [5, 5.41) is 12.3. The van der Waals surface area contributed by atoms with E-state index in [1.165, 1.54) is 0 Å². The van der Waals surface area contributed by atoms with Crippen LogP contribution >= 0.6 is 11.6 Å². The van der Waals surface area contributed by atoms with Crippen molar-refractivity contribution >= 4 is 34.0 Å². The lowest BCUT2D eigenvalue weighted by Gasteiger charge is -2.11. The summed E-state index contributed by atoms with van der Waals surface area (Å²) in [6, 6.07) is 5.75. The van der Waals surface area contributed by atoms with E-state index in [0.29, 0.717) is 4.68 Å². The topological polar surface area (TPSA) is 84.7 Å². The SMILES string of the molecule is N#Cc1c(C(=O)c2cc(F)ccc2Cl)c(N)cc2c1c(F)nn2CC(F)F. The average molecular weight is 397 g/mol. The minimum atomic E-state index is -2.83. The molecule has 0 unspecified atom stereocenters. The fourth-order valence-corrected chi connectivity index (χ4v) is 2.95. The Kier molecular flexibility index (Phi) is 4.76. The summed E-state index contributed by atoms with van der Waals surface area (Å²) in [6.45, 7) is -0.923. The summed E-state index contributed by atoms with van der Waals surface area (Å²) in [4.78, 5) is 12.8. The van der Waals surface area contributed by atoms with Crippen LogP contribution in [0.5, 0.6) is 0 Å². The molecule has 0 bridgehead atoms. The maximum Gasteiger partial charge on any atom is 0.257 e. The molecule has 3 rings (SSSR count). The van der Waals surface area contributed by atoms with Crippen molar-refractivity contribution in [3.05, 3.63) is 57.7 Å². The number of rotatable bonds is 4. The van der Waals surface area contributed by atoms with Crippen LogP contribution < -0.4 is 5.73 Å². The molecule has 0 amide bonds. The van der Waals surface area contributed by atoms with Crippen molar-refractivity contribution in [2.75, 3.05) is 5.73 Å². The van der Waals surface area contributed by atoms with Gasteiger partial charge in [0.05, 0.1) is 27.1 Å². The molecular formula is C17H9ClF4N4O.